The van der Waals surface area contributed by atoms with Gasteiger partial charge in [0.25, 0.3) is 0 Å². The van der Waals surface area contributed by atoms with Crippen molar-refractivity contribution in [3.8, 4) is 11.5 Å². The van der Waals surface area contributed by atoms with Gasteiger partial charge >= 0.3 is 0 Å². The zero-order valence-corrected chi connectivity index (χ0v) is 12.5. The molecule has 2 heteroatoms. The molecule has 2 aromatic carbocycles. The molecular weight excluding hydrogens is 260 g/mol. The Morgan fingerprint density at radius 2 is 1.10 bits per heavy atom. The van der Waals surface area contributed by atoms with Crippen molar-refractivity contribution in [2.75, 3.05) is 0 Å². The van der Waals surface area contributed by atoms with E-state index in [1.165, 1.54) is 43.7 Å². The van der Waals surface area contributed by atoms with Crippen molar-refractivity contribution < 1.29 is 10.2 Å². The summed E-state index contributed by atoms with van der Waals surface area (Å²) >= 11 is 0. The molecule has 0 heterocycles. The molecule has 112 valence electrons. The molecule has 0 aliphatic carbocycles. The second-order valence-electron chi connectivity index (χ2n) is 5.61. The molecule has 2 aromatic rings. The summed E-state index contributed by atoms with van der Waals surface area (Å²) in [7, 11) is 0. The zero-order chi connectivity index (χ0) is 14.9. The van der Waals surface area contributed by atoms with Crippen molar-refractivity contribution in [2.24, 2.45) is 0 Å². The maximum atomic E-state index is 9.41. The summed E-state index contributed by atoms with van der Waals surface area (Å²) < 4.78 is 0. The number of phenolic OH excluding ortho intramolecular Hbond substituents is 2. The summed E-state index contributed by atoms with van der Waals surface area (Å²) in [5.41, 5.74) is 2.43. The number of unbranched alkanes of at least 4 members (excludes halogenated alkanes) is 4. The highest BCUT2D eigenvalue weighted by molar-refractivity contribution is 5.36. The van der Waals surface area contributed by atoms with Crippen molar-refractivity contribution in [2.45, 2.75) is 44.9 Å². The first-order valence-corrected chi connectivity index (χ1v) is 7.80. The molecule has 0 atom stereocenters. The fourth-order valence-corrected chi connectivity index (χ4v) is 2.63. The lowest BCUT2D eigenvalue weighted by Crippen LogP contribution is -1.88. The molecule has 0 aromatic heterocycles. The smallest absolute Gasteiger partial charge is 0.119 e. The van der Waals surface area contributed by atoms with Gasteiger partial charge in [-0.3, -0.25) is 0 Å². The fourth-order valence-electron chi connectivity index (χ4n) is 2.63. The van der Waals surface area contributed by atoms with E-state index < -0.39 is 0 Å². The van der Waals surface area contributed by atoms with Crippen LogP contribution in [0.5, 0.6) is 11.5 Å². The van der Waals surface area contributed by atoms with E-state index in [-0.39, 0.29) is 11.5 Å². The van der Waals surface area contributed by atoms with E-state index in [0.717, 1.165) is 18.4 Å². The van der Waals surface area contributed by atoms with Gasteiger partial charge in [-0.1, -0.05) is 49.6 Å². The van der Waals surface area contributed by atoms with Gasteiger partial charge in [-0.05, 0) is 48.9 Å². The molecule has 0 unspecified atom stereocenters. The monoisotopic (exact) mass is 284 g/mol. The third kappa shape index (κ3) is 5.90. The van der Waals surface area contributed by atoms with Crippen LogP contribution in [0.15, 0.2) is 48.5 Å². The Labute approximate surface area is 127 Å². The Morgan fingerprint density at radius 1 is 0.571 bits per heavy atom. The van der Waals surface area contributed by atoms with Gasteiger partial charge in [0.05, 0.1) is 0 Å². The van der Waals surface area contributed by atoms with Crippen molar-refractivity contribution in [1.29, 1.82) is 0 Å². The van der Waals surface area contributed by atoms with Crippen LogP contribution in [0, 0.1) is 0 Å². The van der Waals surface area contributed by atoms with Crippen LogP contribution in [-0.4, -0.2) is 10.2 Å². The Bertz CT molecular complexity index is 514. The van der Waals surface area contributed by atoms with E-state index >= 15 is 0 Å². The third-order valence-corrected chi connectivity index (χ3v) is 3.74. The van der Waals surface area contributed by atoms with E-state index in [2.05, 4.69) is 30.3 Å². The molecule has 0 saturated carbocycles. The summed E-state index contributed by atoms with van der Waals surface area (Å²) in [5, 5.41) is 18.8. The molecule has 21 heavy (non-hydrogen) atoms. The van der Waals surface area contributed by atoms with Crippen LogP contribution in [0.25, 0.3) is 0 Å². The fraction of sp³-hybridized carbons (Fsp3) is 0.368. The third-order valence-electron chi connectivity index (χ3n) is 3.74. The molecule has 0 bridgehead atoms. The number of hydrogen-bond donors (Lipinski definition) is 2. The second kappa shape index (κ2) is 8.35. The molecular formula is C19H24O2. The molecule has 2 nitrogen and oxygen atoms in total. The lowest BCUT2D eigenvalue weighted by Gasteiger charge is -2.04. The zero-order valence-electron chi connectivity index (χ0n) is 12.5. The molecule has 2 N–H and O–H groups in total. The van der Waals surface area contributed by atoms with Gasteiger partial charge in [-0.25, -0.2) is 0 Å². The van der Waals surface area contributed by atoms with Crippen LogP contribution in [-0.2, 0) is 12.8 Å². The predicted octanol–water partition coefficient (Wildman–Crippen LogP) is 4.83. The Morgan fingerprint density at radius 3 is 1.71 bits per heavy atom. The Balaban J connectivity index is 1.56. The molecule has 0 aliphatic heterocycles. The van der Waals surface area contributed by atoms with Crippen molar-refractivity contribution in [1.82, 2.24) is 0 Å². The normalized spacial score (nSPS) is 10.7. The van der Waals surface area contributed by atoms with Crippen LogP contribution < -0.4 is 0 Å². The van der Waals surface area contributed by atoms with E-state index in [9.17, 15) is 10.2 Å². The Kier molecular flexibility index (Phi) is 6.14. The lowest BCUT2D eigenvalue weighted by atomic mass is 10.0. The number of rotatable bonds is 8. The van der Waals surface area contributed by atoms with Crippen LogP contribution in [0.2, 0.25) is 0 Å². The van der Waals surface area contributed by atoms with Gasteiger partial charge in [0.2, 0.25) is 0 Å². The molecule has 0 saturated heterocycles. The largest absolute Gasteiger partial charge is 0.508 e. The van der Waals surface area contributed by atoms with E-state index in [0.29, 0.717) is 0 Å². The average Bonchev–Trinajstić information content (AvgIpc) is 2.46. The maximum Gasteiger partial charge on any atom is 0.119 e. The topological polar surface area (TPSA) is 40.5 Å². The van der Waals surface area contributed by atoms with Gasteiger partial charge in [0, 0.05) is 6.07 Å². The van der Waals surface area contributed by atoms with Crippen molar-refractivity contribution in [3.05, 3.63) is 59.7 Å². The number of aryl methyl sites for hydroxylation is 2. The minimum Gasteiger partial charge on any atom is -0.508 e. The quantitative estimate of drug-likeness (QED) is 0.681. The maximum absolute atomic E-state index is 9.41. The average molecular weight is 284 g/mol. The Hall–Kier alpha value is -1.96. The lowest BCUT2D eigenvalue weighted by molar-refractivity contribution is 0.449. The first-order chi connectivity index (χ1) is 10.2. The van der Waals surface area contributed by atoms with Crippen molar-refractivity contribution in [3.63, 3.8) is 0 Å². The van der Waals surface area contributed by atoms with Gasteiger partial charge in [-0.15, -0.1) is 0 Å². The molecule has 0 radical (unpaired) electrons. The van der Waals surface area contributed by atoms with E-state index in [4.69, 9.17) is 0 Å². The SMILES string of the molecule is Oc1cc(O)cc(CCCCCCCc2ccccc2)c1. The standard InChI is InChI=1S/C19H24O2/c20-18-13-17(14-19(21)15-18)12-6-3-1-2-5-9-16-10-7-4-8-11-16/h4,7-8,10-11,13-15,20-21H,1-3,5-6,9,12H2. The van der Waals surface area contributed by atoms with Crippen molar-refractivity contribution >= 4 is 0 Å². The molecule has 0 amide bonds. The van der Waals surface area contributed by atoms with Crippen LogP contribution in [0.4, 0.5) is 0 Å². The summed E-state index contributed by atoms with van der Waals surface area (Å²) in [6.45, 7) is 0. The minimum absolute atomic E-state index is 0.146. The van der Waals surface area contributed by atoms with Crippen LogP contribution >= 0.6 is 0 Å². The summed E-state index contributed by atoms with van der Waals surface area (Å²) in [6, 6.07) is 15.5. The van der Waals surface area contributed by atoms with Gasteiger partial charge < -0.3 is 10.2 Å². The predicted molar refractivity (Wildman–Crippen MR) is 86.7 cm³/mol. The van der Waals surface area contributed by atoms with E-state index in [1.807, 2.05) is 0 Å². The van der Waals surface area contributed by atoms with Crippen LogP contribution in [0.1, 0.15) is 43.2 Å². The highest BCUT2D eigenvalue weighted by Crippen LogP contribution is 2.22. The van der Waals surface area contributed by atoms with Gasteiger partial charge in [0.1, 0.15) is 11.5 Å². The second-order valence-corrected chi connectivity index (χ2v) is 5.61. The number of hydrogen-bond acceptors (Lipinski definition) is 2. The van der Waals surface area contributed by atoms with Gasteiger partial charge in [-0.2, -0.15) is 0 Å². The number of phenols is 2. The van der Waals surface area contributed by atoms with E-state index in [1.54, 1.807) is 12.1 Å². The summed E-state index contributed by atoms with van der Waals surface area (Å²) in [5.74, 6) is 0.292. The highest BCUT2D eigenvalue weighted by Gasteiger charge is 1.99. The van der Waals surface area contributed by atoms with Crippen LogP contribution in [0.3, 0.4) is 0 Å². The first-order valence-electron chi connectivity index (χ1n) is 7.80. The first kappa shape index (κ1) is 15.4. The minimum atomic E-state index is 0.146. The molecule has 0 fully saturated rings. The molecule has 0 aliphatic rings. The highest BCUT2D eigenvalue weighted by atomic mass is 16.3. The summed E-state index contributed by atoms with van der Waals surface area (Å²) in [6.07, 6.45) is 8.15. The molecule has 0 spiro atoms. The summed E-state index contributed by atoms with van der Waals surface area (Å²) in [4.78, 5) is 0. The number of aromatic hydroxyl groups is 2. The van der Waals surface area contributed by atoms with Gasteiger partial charge in [0.15, 0.2) is 0 Å². The number of benzene rings is 2. The molecule has 2 rings (SSSR count).